The molecule has 4 heteroatoms. The fraction of sp³-hybridized carbons (Fsp3) is 0. The molecule has 3 aromatic rings. The van der Waals surface area contributed by atoms with Crippen LogP contribution < -0.4 is 5.32 Å². The lowest BCUT2D eigenvalue weighted by Gasteiger charge is -2.06. The highest BCUT2D eigenvalue weighted by atomic mass is 79.9. The predicted molar refractivity (Wildman–Crippen MR) is 77.0 cm³/mol. The predicted octanol–water partition coefficient (Wildman–Crippen LogP) is 4.14. The van der Waals surface area contributed by atoms with Gasteiger partial charge in [-0.15, -0.1) is 0 Å². The van der Waals surface area contributed by atoms with E-state index in [4.69, 9.17) is 0 Å². The van der Waals surface area contributed by atoms with Crippen LogP contribution in [0, 0.1) is 0 Å². The van der Waals surface area contributed by atoms with E-state index in [1.807, 2.05) is 42.5 Å². The van der Waals surface area contributed by atoms with Gasteiger partial charge >= 0.3 is 0 Å². The Morgan fingerprint density at radius 1 is 1.00 bits per heavy atom. The molecule has 0 spiro atoms. The fourth-order valence-electron chi connectivity index (χ4n) is 1.78. The minimum Gasteiger partial charge on any atom is -0.340 e. The first-order chi connectivity index (χ1) is 8.81. The highest BCUT2D eigenvalue weighted by Gasteiger charge is 1.99. The Labute approximate surface area is 113 Å². The van der Waals surface area contributed by atoms with Gasteiger partial charge in [-0.3, -0.25) is 4.98 Å². The van der Waals surface area contributed by atoms with E-state index in [2.05, 4.69) is 37.3 Å². The molecular weight excluding hydrogens is 290 g/mol. The van der Waals surface area contributed by atoms with Gasteiger partial charge in [0.25, 0.3) is 0 Å². The van der Waals surface area contributed by atoms with E-state index in [0.717, 1.165) is 27.0 Å². The van der Waals surface area contributed by atoms with Crippen molar-refractivity contribution in [1.29, 1.82) is 0 Å². The van der Waals surface area contributed by atoms with Gasteiger partial charge in [0.2, 0.25) is 0 Å². The summed E-state index contributed by atoms with van der Waals surface area (Å²) in [6, 6.07) is 15.8. The molecule has 0 aliphatic carbocycles. The van der Waals surface area contributed by atoms with Crippen molar-refractivity contribution in [3.63, 3.8) is 0 Å². The number of nitrogens with zero attached hydrogens (tertiary/aromatic N) is 2. The molecule has 0 aliphatic rings. The molecule has 1 N–H and O–H groups in total. The van der Waals surface area contributed by atoms with Crippen molar-refractivity contribution in [2.45, 2.75) is 0 Å². The molecule has 0 amide bonds. The van der Waals surface area contributed by atoms with Gasteiger partial charge in [-0.2, -0.15) is 0 Å². The molecule has 0 atom stereocenters. The minimum absolute atomic E-state index is 0.813. The molecule has 0 bridgehead atoms. The van der Waals surface area contributed by atoms with Crippen LogP contribution in [-0.4, -0.2) is 9.97 Å². The maximum atomic E-state index is 4.34. The van der Waals surface area contributed by atoms with E-state index in [0.29, 0.717) is 0 Å². The third-order valence-corrected chi connectivity index (χ3v) is 3.03. The lowest BCUT2D eigenvalue weighted by Crippen LogP contribution is -1.93. The number of nitrogens with one attached hydrogen (secondary N) is 1. The van der Waals surface area contributed by atoms with Gasteiger partial charge in [-0.05, 0) is 52.3 Å². The third-order valence-electron chi connectivity index (χ3n) is 2.59. The average Bonchev–Trinajstić information content (AvgIpc) is 2.39. The van der Waals surface area contributed by atoms with Gasteiger partial charge in [-0.25, -0.2) is 4.98 Å². The first-order valence-electron chi connectivity index (χ1n) is 5.56. The summed E-state index contributed by atoms with van der Waals surface area (Å²) in [6.45, 7) is 0. The maximum absolute atomic E-state index is 4.34. The van der Waals surface area contributed by atoms with Crippen molar-refractivity contribution in [2.75, 3.05) is 5.32 Å². The Balaban J connectivity index is 1.95. The standard InChI is InChI=1S/C14H10BrN3/c15-13-4-1-5-14(18-13)17-11-6-7-12-10(9-11)3-2-8-16-12/h1-9H,(H,17,18). The summed E-state index contributed by atoms with van der Waals surface area (Å²) < 4.78 is 0.815. The number of aromatic nitrogens is 2. The van der Waals surface area contributed by atoms with Crippen molar-refractivity contribution in [1.82, 2.24) is 9.97 Å². The van der Waals surface area contributed by atoms with Crippen LogP contribution in [0.3, 0.4) is 0 Å². The van der Waals surface area contributed by atoms with Crippen LogP contribution in [-0.2, 0) is 0 Å². The summed E-state index contributed by atoms with van der Waals surface area (Å²) in [4.78, 5) is 8.63. The molecule has 3 rings (SSSR count). The Morgan fingerprint density at radius 2 is 1.94 bits per heavy atom. The lowest BCUT2D eigenvalue weighted by atomic mass is 10.2. The Hall–Kier alpha value is -1.94. The van der Waals surface area contributed by atoms with Crippen LogP contribution >= 0.6 is 15.9 Å². The van der Waals surface area contributed by atoms with E-state index in [9.17, 15) is 0 Å². The van der Waals surface area contributed by atoms with Gasteiger partial charge in [-0.1, -0.05) is 12.1 Å². The maximum Gasteiger partial charge on any atom is 0.131 e. The number of halogens is 1. The molecule has 2 heterocycles. The van der Waals surface area contributed by atoms with Crippen molar-refractivity contribution in [3.05, 3.63) is 59.3 Å². The second kappa shape index (κ2) is 4.74. The molecule has 0 unspecified atom stereocenters. The quantitative estimate of drug-likeness (QED) is 0.723. The molecule has 0 radical (unpaired) electrons. The van der Waals surface area contributed by atoms with Crippen LogP contribution in [0.25, 0.3) is 10.9 Å². The first kappa shape index (κ1) is 11.2. The second-order valence-corrected chi connectivity index (χ2v) is 4.69. The molecule has 18 heavy (non-hydrogen) atoms. The smallest absolute Gasteiger partial charge is 0.131 e. The summed E-state index contributed by atoms with van der Waals surface area (Å²) in [5.74, 6) is 0.813. The Morgan fingerprint density at radius 3 is 2.83 bits per heavy atom. The van der Waals surface area contributed by atoms with Crippen molar-refractivity contribution in [3.8, 4) is 0 Å². The zero-order chi connectivity index (χ0) is 12.4. The van der Waals surface area contributed by atoms with Crippen LogP contribution in [0.1, 0.15) is 0 Å². The van der Waals surface area contributed by atoms with E-state index in [1.165, 1.54) is 0 Å². The van der Waals surface area contributed by atoms with Gasteiger partial charge in [0.15, 0.2) is 0 Å². The van der Waals surface area contributed by atoms with Crippen molar-refractivity contribution < 1.29 is 0 Å². The van der Waals surface area contributed by atoms with Gasteiger partial charge in [0, 0.05) is 17.3 Å². The van der Waals surface area contributed by atoms with Crippen molar-refractivity contribution in [2.24, 2.45) is 0 Å². The fourth-order valence-corrected chi connectivity index (χ4v) is 2.12. The highest BCUT2D eigenvalue weighted by molar-refractivity contribution is 9.10. The second-order valence-electron chi connectivity index (χ2n) is 3.88. The molecule has 3 nitrogen and oxygen atoms in total. The lowest BCUT2D eigenvalue weighted by molar-refractivity contribution is 1.27. The largest absolute Gasteiger partial charge is 0.340 e. The number of rotatable bonds is 2. The molecule has 88 valence electrons. The van der Waals surface area contributed by atoms with E-state index in [-0.39, 0.29) is 0 Å². The van der Waals surface area contributed by atoms with E-state index >= 15 is 0 Å². The molecule has 0 saturated heterocycles. The number of fused-ring (bicyclic) bond motifs is 1. The van der Waals surface area contributed by atoms with Crippen LogP contribution in [0.15, 0.2) is 59.3 Å². The molecule has 0 aliphatic heterocycles. The van der Waals surface area contributed by atoms with Crippen LogP contribution in [0.5, 0.6) is 0 Å². The zero-order valence-corrected chi connectivity index (χ0v) is 11.1. The monoisotopic (exact) mass is 299 g/mol. The van der Waals surface area contributed by atoms with Gasteiger partial charge < -0.3 is 5.32 Å². The minimum atomic E-state index is 0.813. The summed E-state index contributed by atoms with van der Waals surface area (Å²) in [7, 11) is 0. The van der Waals surface area contributed by atoms with E-state index < -0.39 is 0 Å². The molecule has 1 aromatic carbocycles. The number of hydrogen-bond donors (Lipinski definition) is 1. The van der Waals surface area contributed by atoms with Gasteiger partial charge in [0.05, 0.1) is 5.52 Å². The van der Waals surface area contributed by atoms with Gasteiger partial charge in [0.1, 0.15) is 10.4 Å². The average molecular weight is 300 g/mol. The number of hydrogen-bond acceptors (Lipinski definition) is 3. The third kappa shape index (κ3) is 2.33. The molecule has 2 aromatic heterocycles. The number of benzene rings is 1. The molecule has 0 saturated carbocycles. The summed E-state index contributed by atoms with van der Waals surface area (Å²) in [5, 5.41) is 4.38. The zero-order valence-electron chi connectivity index (χ0n) is 9.47. The summed E-state index contributed by atoms with van der Waals surface area (Å²) >= 11 is 3.35. The summed E-state index contributed by atoms with van der Waals surface area (Å²) in [5.41, 5.74) is 1.99. The number of anilines is 2. The topological polar surface area (TPSA) is 37.8 Å². The normalized spacial score (nSPS) is 10.5. The Kier molecular flexibility index (Phi) is 2.94. The van der Waals surface area contributed by atoms with Crippen molar-refractivity contribution >= 4 is 38.3 Å². The van der Waals surface area contributed by atoms with Crippen LogP contribution in [0.4, 0.5) is 11.5 Å². The number of pyridine rings is 2. The van der Waals surface area contributed by atoms with Crippen LogP contribution in [0.2, 0.25) is 0 Å². The summed E-state index contributed by atoms with van der Waals surface area (Å²) in [6.07, 6.45) is 1.80. The highest BCUT2D eigenvalue weighted by Crippen LogP contribution is 2.20. The van der Waals surface area contributed by atoms with E-state index in [1.54, 1.807) is 6.20 Å². The molecular formula is C14H10BrN3. The first-order valence-corrected chi connectivity index (χ1v) is 6.35. The SMILES string of the molecule is Brc1cccc(Nc2ccc3ncccc3c2)n1. The molecule has 0 fully saturated rings. The Bertz CT molecular complexity index is 697.